The van der Waals surface area contributed by atoms with Crippen LogP contribution in [0.15, 0.2) is 59.5 Å². The molecule has 0 aliphatic heterocycles. The van der Waals surface area contributed by atoms with Crippen molar-refractivity contribution >= 4 is 40.9 Å². The first-order valence-electron chi connectivity index (χ1n) is 8.15. The van der Waals surface area contributed by atoms with Crippen LogP contribution in [0.1, 0.15) is 11.1 Å². The normalized spacial score (nSPS) is 10.6. The number of rotatable bonds is 7. The standard InChI is InChI=1S/C20H20N2O4S/c1-13-3-8-17(14(2)11-13)22-19(24)12-27-16-6-4-15(5-7-16)21-18(23)9-10-20(25)26/h3-11H,12H2,1-2H3,(H,21,23)(H,22,24)(H,25,26)/b10-9+. The van der Waals surface area contributed by atoms with Gasteiger partial charge in [0, 0.05) is 28.4 Å². The Bertz CT molecular complexity index is 876. The largest absolute Gasteiger partial charge is 0.478 e. The average molecular weight is 384 g/mol. The molecule has 0 aliphatic carbocycles. The zero-order valence-electron chi connectivity index (χ0n) is 15.0. The molecule has 2 aromatic rings. The Morgan fingerprint density at radius 2 is 1.70 bits per heavy atom. The quantitative estimate of drug-likeness (QED) is 0.501. The van der Waals surface area contributed by atoms with Crippen molar-refractivity contribution in [3.05, 3.63) is 65.7 Å². The maximum atomic E-state index is 12.1. The number of hydrogen-bond donors (Lipinski definition) is 3. The lowest BCUT2D eigenvalue weighted by Gasteiger charge is -2.09. The summed E-state index contributed by atoms with van der Waals surface area (Å²) in [5, 5.41) is 13.9. The Morgan fingerprint density at radius 1 is 1.00 bits per heavy atom. The van der Waals surface area contributed by atoms with Crippen molar-refractivity contribution in [1.29, 1.82) is 0 Å². The second kappa shape index (κ2) is 9.59. The summed E-state index contributed by atoms with van der Waals surface area (Å²) in [4.78, 5) is 34.9. The summed E-state index contributed by atoms with van der Waals surface area (Å²) in [6.07, 6.45) is 1.72. The minimum absolute atomic E-state index is 0.0943. The predicted octanol–water partition coefficient (Wildman–Crippen LogP) is 3.61. The van der Waals surface area contributed by atoms with E-state index in [4.69, 9.17) is 5.11 Å². The molecule has 0 heterocycles. The Morgan fingerprint density at radius 3 is 2.33 bits per heavy atom. The Labute approximate surface area is 161 Å². The number of anilines is 2. The topological polar surface area (TPSA) is 95.5 Å². The van der Waals surface area contributed by atoms with Crippen molar-refractivity contribution in [1.82, 2.24) is 0 Å². The number of thioether (sulfide) groups is 1. The van der Waals surface area contributed by atoms with E-state index in [1.807, 2.05) is 32.0 Å². The Hall–Kier alpha value is -3.06. The predicted molar refractivity (Wildman–Crippen MR) is 107 cm³/mol. The highest BCUT2D eigenvalue weighted by molar-refractivity contribution is 8.00. The van der Waals surface area contributed by atoms with Crippen molar-refractivity contribution in [2.75, 3.05) is 16.4 Å². The fraction of sp³-hybridized carbons (Fsp3) is 0.150. The molecule has 0 spiro atoms. The van der Waals surface area contributed by atoms with E-state index in [9.17, 15) is 14.4 Å². The van der Waals surface area contributed by atoms with Crippen molar-refractivity contribution in [3.63, 3.8) is 0 Å². The molecule has 6 nitrogen and oxygen atoms in total. The van der Waals surface area contributed by atoms with Gasteiger partial charge in [0.05, 0.1) is 5.75 Å². The number of carbonyl (C=O) groups excluding carboxylic acids is 2. The molecule has 27 heavy (non-hydrogen) atoms. The molecule has 0 bridgehead atoms. The van der Waals surface area contributed by atoms with E-state index in [0.717, 1.165) is 33.9 Å². The zero-order chi connectivity index (χ0) is 19.8. The van der Waals surface area contributed by atoms with E-state index in [0.29, 0.717) is 5.69 Å². The molecule has 140 valence electrons. The molecule has 0 radical (unpaired) electrons. The molecule has 0 fully saturated rings. The van der Waals surface area contributed by atoms with Gasteiger partial charge in [-0.3, -0.25) is 9.59 Å². The molecule has 7 heteroatoms. The Kier molecular flexibility index (Phi) is 7.19. The first-order chi connectivity index (χ1) is 12.8. The monoisotopic (exact) mass is 384 g/mol. The molecule has 0 aromatic heterocycles. The van der Waals surface area contributed by atoms with Gasteiger partial charge in [-0.2, -0.15) is 0 Å². The van der Waals surface area contributed by atoms with Gasteiger partial charge < -0.3 is 15.7 Å². The molecule has 0 aliphatic rings. The maximum absolute atomic E-state index is 12.1. The first kappa shape index (κ1) is 20.3. The van der Waals surface area contributed by atoms with Gasteiger partial charge in [-0.05, 0) is 49.7 Å². The zero-order valence-corrected chi connectivity index (χ0v) is 15.8. The molecule has 3 N–H and O–H groups in total. The summed E-state index contributed by atoms with van der Waals surface area (Å²) in [5.41, 5.74) is 3.51. The number of carbonyl (C=O) groups is 3. The highest BCUT2D eigenvalue weighted by Gasteiger charge is 2.06. The summed E-state index contributed by atoms with van der Waals surface area (Å²) < 4.78 is 0. The fourth-order valence-electron chi connectivity index (χ4n) is 2.25. The van der Waals surface area contributed by atoms with Crippen LogP contribution in [0.4, 0.5) is 11.4 Å². The minimum Gasteiger partial charge on any atom is -0.478 e. The molecule has 2 aromatic carbocycles. The van der Waals surface area contributed by atoms with Crippen LogP contribution in [0.2, 0.25) is 0 Å². The van der Waals surface area contributed by atoms with Gasteiger partial charge in [-0.1, -0.05) is 17.7 Å². The van der Waals surface area contributed by atoms with E-state index < -0.39 is 11.9 Å². The molecular formula is C20H20N2O4S. The van der Waals surface area contributed by atoms with Gasteiger partial charge in [0.25, 0.3) is 0 Å². The van der Waals surface area contributed by atoms with Gasteiger partial charge >= 0.3 is 5.97 Å². The number of benzene rings is 2. The lowest BCUT2D eigenvalue weighted by atomic mass is 10.1. The first-order valence-corrected chi connectivity index (χ1v) is 9.14. The van der Waals surface area contributed by atoms with E-state index >= 15 is 0 Å². The highest BCUT2D eigenvalue weighted by atomic mass is 32.2. The lowest BCUT2D eigenvalue weighted by molar-refractivity contribution is -0.131. The number of amides is 2. The van der Waals surface area contributed by atoms with Gasteiger partial charge in [0.2, 0.25) is 11.8 Å². The molecule has 2 rings (SSSR count). The minimum atomic E-state index is -1.18. The third kappa shape index (κ3) is 6.99. The Balaban J connectivity index is 1.84. The average Bonchev–Trinajstić information content (AvgIpc) is 2.62. The van der Waals surface area contributed by atoms with Crippen molar-refractivity contribution < 1.29 is 19.5 Å². The summed E-state index contributed by atoms with van der Waals surface area (Å²) >= 11 is 1.38. The second-order valence-electron chi connectivity index (χ2n) is 5.84. The third-order valence-electron chi connectivity index (χ3n) is 3.53. The summed E-state index contributed by atoms with van der Waals surface area (Å²) in [6.45, 7) is 3.96. The van der Waals surface area contributed by atoms with E-state index in [1.54, 1.807) is 24.3 Å². The number of aliphatic carboxylic acids is 1. The highest BCUT2D eigenvalue weighted by Crippen LogP contribution is 2.21. The van der Waals surface area contributed by atoms with Gasteiger partial charge in [0.15, 0.2) is 0 Å². The van der Waals surface area contributed by atoms with E-state index in [-0.39, 0.29) is 11.7 Å². The molecule has 0 atom stereocenters. The van der Waals surface area contributed by atoms with E-state index in [1.165, 1.54) is 11.8 Å². The van der Waals surface area contributed by atoms with Crippen LogP contribution in [0, 0.1) is 13.8 Å². The number of hydrogen-bond acceptors (Lipinski definition) is 4. The molecule has 0 unspecified atom stereocenters. The van der Waals surface area contributed by atoms with Crippen LogP contribution in [0.3, 0.4) is 0 Å². The van der Waals surface area contributed by atoms with Crippen LogP contribution in [-0.4, -0.2) is 28.6 Å². The van der Waals surface area contributed by atoms with Crippen molar-refractivity contribution in [2.45, 2.75) is 18.7 Å². The van der Waals surface area contributed by atoms with Crippen LogP contribution in [-0.2, 0) is 14.4 Å². The van der Waals surface area contributed by atoms with Crippen LogP contribution in [0.5, 0.6) is 0 Å². The lowest BCUT2D eigenvalue weighted by Crippen LogP contribution is -2.14. The van der Waals surface area contributed by atoms with Crippen molar-refractivity contribution in [2.24, 2.45) is 0 Å². The molecule has 2 amide bonds. The number of carboxylic acid groups (broad SMARTS) is 1. The van der Waals surface area contributed by atoms with Crippen LogP contribution >= 0.6 is 11.8 Å². The summed E-state index contributed by atoms with van der Waals surface area (Å²) in [5.74, 6) is -1.54. The smallest absolute Gasteiger partial charge is 0.328 e. The fourth-order valence-corrected chi connectivity index (χ4v) is 2.95. The van der Waals surface area contributed by atoms with Crippen molar-refractivity contribution in [3.8, 4) is 0 Å². The van der Waals surface area contributed by atoms with Gasteiger partial charge in [-0.25, -0.2) is 4.79 Å². The third-order valence-corrected chi connectivity index (χ3v) is 4.54. The SMILES string of the molecule is Cc1ccc(NC(=O)CSc2ccc(NC(=O)/C=C/C(=O)O)cc2)c(C)c1. The second-order valence-corrected chi connectivity index (χ2v) is 6.89. The number of carboxylic acids is 1. The number of aryl methyl sites for hydroxylation is 2. The molecule has 0 saturated heterocycles. The summed E-state index contributed by atoms with van der Waals surface area (Å²) in [7, 11) is 0. The van der Waals surface area contributed by atoms with Gasteiger partial charge in [-0.15, -0.1) is 11.8 Å². The summed E-state index contributed by atoms with van der Waals surface area (Å²) in [6, 6.07) is 12.8. The van der Waals surface area contributed by atoms with Crippen LogP contribution < -0.4 is 10.6 Å². The van der Waals surface area contributed by atoms with Crippen LogP contribution in [0.25, 0.3) is 0 Å². The number of nitrogens with one attached hydrogen (secondary N) is 2. The molecule has 0 saturated carbocycles. The molecular weight excluding hydrogens is 364 g/mol. The maximum Gasteiger partial charge on any atom is 0.328 e. The van der Waals surface area contributed by atoms with E-state index in [2.05, 4.69) is 10.6 Å². The van der Waals surface area contributed by atoms with Gasteiger partial charge in [0.1, 0.15) is 0 Å².